The Bertz CT molecular complexity index is 1910. The molecule has 2 aliphatic heterocycles. The summed E-state index contributed by atoms with van der Waals surface area (Å²) < 4.78 is 35.4. The number of aryl methyl sites for hydroxylation is 2. The van der Waals surface area contributed by atoms with Crippen LogP contribution in [0.25, 0.3) is 10.9 Å². The van der Waals surface area contributed by atoms with Gasteiger partial charge in [0.1, 0.15) is 5.75 Å². The number of aromatic nitrogens is 1. The summed E-state index contributed by atoms with van der Waals surface area (Å²) in [6, 6.07) is 18.9. The fraction of sp³-hybridized carbons (Fsp3) is 0.378. The maximum absolute atomic E-state index is 13.0. The summed E-state index contributed by atoms with van der Waals surface area (Å²) in [5.41, 5.74) is 4.07. The Labute approximate surface area is 281 Å². The summed E-state index contributed by atoms with van der Waals surface area (Å²) in [5, 5.41) is 1.06. The summed E-state index contributed by atoms with van der Waals surface area (Å²) in [7, 11) is -2.53. The largest absolute Gasteiger partial charge is 0.496 e. The molecule has 2 aliphatic rings. The Hall–Kier alpha value is -4.64. The van der Waals surface area contributed by atoms with Gasteiger partial charge in [-0.2, -0.15) is 0 Å². The molecule has 6 rings (SSSR count). The van der Waals surface area contributed by atoms with E-state index in [9.17, 15) is 22.8 Å². The molecule has 1 N–H and O–H groups in total. The highest BCUT2D eigenvalue weighted by atomic mass is 32.2. The van der Waals surface area contributed by atoms with Crippen LogP contribution < -0.4 is 9.46 Å². The predicted octanol–water partition coefficient (Wildman–Crippen LogP) is 4.93. The van der Waals surface area contributed by atoms with E-state index in [2.05, 4.69) is 33.7 Å². The summed E-state index contributed by atoms with van der Waals surface area (Å²) in [6.45, 7) is 3.75. The second-order valence-corrected chi connectivity index (χ2v) is 14.3. The van der Waals surface area contributed by atoms with E-state index in [0.717, 1.165) is 79.5 Å². The number of carbonyl (C=O) groups excluding carboxylic acids is 3. The van der Waals surface area contributed by atoms with Crippen molar-refractivity contribution in [1.29, 1.82) is 0 Å². The molecule has 3 amide bonds. The molecule has 0 saturated carbocycles. The van der Waals surface area contributed by atoms with Gasteiger partial charge in [0.15, 0.2) is 0 Å². The Morgan fingerprint density at radius 1 is 0.771 bits per heavy atom. The molecule has 0 spiro atoms. The van der Waals surface area contributed by atoms with Crippen LogP contribution in [0.4, 0.5) is 0 Å². The lowest BCUT2D eigenvalue weighted by Crippen LogP contribution is -2.30. The first-order valence-electron chi connectivity index (χ1n) is 16.7. The maximum atomic E-state index is 13.0. The van der Waals surface area contributed by atoms with E-state index in [4.69, 9.17) is 4.74 Å². The van der Waals surface area contributed by atoms with Gasteiger partial charge in [0.05, 0.1) is 18.6 Å². The van der Waals surface area contributed by atoms with Crippen molar-refractivity contribution < 1.29 is 27.5 Å². The zero-order valence-electron chi connectivity index (χ0n) is 27.3. The number of rotatable bonds is 12. The molecular weight excluding hydrogens is 628 g/mol. The van der Waals surface area contributed by atoms with Gasteiger partial charge in [0.2, 0.25) is 11.8 Å². The number of likely N-dealkylation sites (tertiary alicyclic amines) is 2. The number of amides is 3. The molecule has 3 aromatic carbocycles. The number of fused-ring (bicyclic) bond motifs is 1. The number of hydrogen-bond acceptors (Lipinski definition) is 6. The minimum atomic E-state index is -4.04. The van der Waals surface area contributed by atoms with Crippen LogP contribution in [0, 0.1) is 0 Å². The second-order valence-electron chi connectivity index (χ2n) is 12.6. The fourth-order valence-corrected chi connectivity index (χ4v) is 7.68. The first-order chi connectivity index (χ1) is 23.2. The molecule has 4 aromatic rings. The molecule has 3 heterocycles. The van der Waals surface area contributed by atoms with Gasteiger partial charge in [0.25, 0.3) is 15.9 Å². The van der Waals surface area contributed by atoms with Crippen molar-refractivity contribution in [2.75, 3.05) is 33.3 Å². The average Bonchev–Trinajstić information content (AvgIpc) is 3.89. The Morgan fingerprint density at radius 2 is 1.42 bits per heavy atom. The smallest absolute Gasteiger partial charge is 0.265 e. The zero-order chi connectivity index (χ0) is 33.7. The highest BCUT2D eigenvalue weighted by Crippen LogP contribution is 2.29. The van der Waals surface area contributed by atoms with Crippen LogP contribution in [0.2, 0.25) is 0 Å². The molecule has 0 unspecified atom stereocenters. The molecule has 1 aromatic heterocycles. The van der Waals surface area contributed by atoms with Gasteiger partial charge < -0.3 is 19.1 Å². The fourth-order valence-electron chi connectivity index (χ4n) is 6.68. The quantitative estimate of drug-likeness (QED) is 0.229. The number of carbonyl (C=O) groups is 3. The summed E-state index contributed by atoms with van der Waals surface area (Å²) in [4.78, 5) is 42.5. The van der Waals surface area contributed by atoms with E-state index in [1.165, 1.54) is 19.2 Å². The molecule has 11 heteroatoms. The van der Waals surface area contributed by atoms with Gasteiger partial charge in [-0.05, 0) is 80.0 Å². The van der Waals surface area contributed by atoms with Crippen LogP contribution in [0.5, 0.6) is 5.75 Å². The minimum Gasteiger partial charge on any atom is -0.496 e. The number of ether oxygens (including phenoxy) is 1. The summed E-state index contributed by atoms with van der Waals surface area (Å²) >= 11 is 0. The molecule has 48 heavy (non-hydrogen) atoms. The number of nitrogens with zero attached hydrogens (tertiary/aromatic N) is 3. The van der Waals surface area contributed by atoms with Crippen molar-refractivity contribution >= 4 is 38.6 Å². The number of benzene rings is 3. The lowest BCUT2D eigenvalue weighted by atomic mass is 10.0. The van der Waals surface area contributed by atoms with Crippen molar-refractivity contribution in [3.05, 3.63) is 95.2 Å². The van der Waals surface area contributed by atoms with Crippen LogP contribution in [0.3, 0.4) is 0 Å². The van der Waals surface area contributed by atoms with Crippen molar-refractivity contribution in [3.8, 4) is 5.75 Å². The topological polar surface area (TPSA) is 118 Å². The third kappa shape index (κ3) is 7.57. The Balaban J connectivity index is 1.24. The lowest BCUT2D eigenvalue weighted by molar-refractivity contribution is -0.130. The molecule has 2 fully saturated rings. The first-order valence-corrected chi connectivity index (χ1v) is 18.2. The number of nitrogens with one attached hydrogen (secondary N) is 1. The zero-order valence-corrected chi connectivity index (χ0v) is 28.1. The molecule has 0 atom stereocenters. The number of sulfonamides is 1. The van der Waals surface area contributed by atoms with Gasteiger partial charge in [-0.1, -0.05) is 36.4 Å². The third-order valence-electron chi connectivity index (χ3n) is 9.35. The standard InChI is InChI=1S/C37H42N4O6S/c1-47-34-24-28(37(44)38-48(45,46)31-9-3-2-4-10-31)13-14-30(34)26-41-25-29(15-18-36(43)40-21-7-8-22-40)32-16-11-27(23-33(32)41)12-17-35(42)39-19-5-6-20-39/h2-4,9-11,13-14,16,23-25H,5-8,12,15,17-22,26H2,1H3,(H,38,44). The van der Waals surface area contributed by atoms with Crippen LogP contribution in [0.1, 0.15) is 65.6 Å². The molecule has 0 bridgehead atoms. The second kappa shape index (κ2) is 14.6. The SMILES string of the molecule is COc1cc(C(=O)NS(=O)(=O)c2ccccc2)ccc1Cn1cc(CCC(=O)N2CCCC2)c2ccc(CCC(=O)N3CCCC3)cc21. The third-order valence-corrected chi connectivity index (χ3v) is 10.7. The van der Waals surface area contributed by atoms with E-state index in [0.29, 0.717) is 38.0 Å². The van der Waals surface area contributed by atoms with Gasteiger partial charge >= 0.3 is 0 Å². The van der Waals surface area contributed by atoms with Crippen LogP contribution >= 0.6 is 0 Å². The van der Waals surface area contributed by atoms with E-state index >= 15 is 0 Å². The highest BCUT2D eigenvalue weighted by Gasteiger charge is 2.22. The number of hydrogen-bond donors (Lipinski definition) is 1. The molecule has 0 aliphatic carbocycles. The summed E-state index contributed by atoms with van der Waals surface area (Å²) in [5.74, 6) is 0.0534. The van der Waals surface area contributed by atoms with E-state index in [1.807, 2.05) is 9.80 Å². The highest BCUT2D eigenvalue weighted by molar-refractivity contribution is 7.90. The number of methoxy groups -OCH3 is 1. The van der Waals surface area contributed by atoms with Crippen molar-refractivity contribution in [2.24, 2.45) is 0 Å². The Kier molecular flexibility index (Phi) is 10.1. The van der Waals surface area contributed by atoms with Crippen molar-refractivity contribution in [2.45, 2.75) is 62.8 Å². The van der Waals surface area contributed by atoms with E-state index in [-0.39, 0.29) is 22.3 Å². The van der Waals surface area contributed by atoms with E-state index < -0.39 is 15.9 Å². The van der Waals surface area contributed by atoms with E-state index in [1.54, 1.807) is 36.4 Å². The first kappa shape index (κ1) is 33.3. The van der Waals surface area contributed by atoms with Gasteiger partial charge in [-0.15, -0.1) is 0 Å². The maximum Gasteiger partial charge on any atom is 0.265 e. The van der Waals surface area contributed by atoms with Gasteiger partial charge in [-0.25, -0.2) is 13.1 Å². The normalized spacial score (nSPS) is 14.9. The predicted molar refractivity (Wildman–Crippen MR) is 183 cm³/mol. The molecule has 10 nitrogen and oxygen atoms in total. The minimum absolute atomic E-state index is 0.000801. The van der Waals surface area contributed by atoms with Crippen LogP contribution in [-0.4, -0.2) is 73.8 Å². The average molecular weight is 671 g/mol. The Morgan fingerprint density at radius 3 is 2.06 bits per heavy atom. The molecule has 2 saturated heterocycles. The van der Waals surface area contributed by atoms with Gasteiger partial charge in [-0.3, -0.25) is 14.4 Å². The van der Waals surface area contributed by atoms with Gasteiger partial charge in [0, 0.05) is 67.2 Å². The summed E-state index contributed by atoms with van der Waals surface area (Å²) in [6.07, 6.45) is 8.46. The van der Waals surface area contributed by atoms with Crippen molar-refractivity contribution in [3.63, 3.8) is 0 Å². The monoisotopic (exact) mass is 670 g/mol. The molecule has 0 radical (unpaired) electrons. The van der Waals surface area contributed by atoms with Crippen molar-refractivity contribution in [1.82, 2.24) is 19.1 Å². The lowest BCUT2D eigenvalue weighted by Gasteiger charge is -2.15. The molecule has 252 valence electrons. The molecular formula is C37H42N4O6S. The van der Waals surface area contributed by atoms with Crippen LogP contribution in [0.15, 0.2) is 77.8 Å². The van der Waals surface area contributed by atoms with Crippen LogP contribution in [-0.2, 0) is 39.0 Å².